The largest absolute Gasteiger partial charge is 0.207 e. The SMILES string of the molecule is CC(C#N)(Cc1cccs1)c1c(F)cc(F)cc1F. The highest BCUT2D eigenvalue weighted by molar-refractivity contribution is 7.09. The third kappa shape index (κ3) is 2.64. The predicted molar refractivity (Wildman–Crippen MR) is 67.3 cm³/mol. The molecule has 0 aliphatic carbocycles. The van der Waals surface area contributed by atoms with Gasteiger partial charge in [0, 0.05) is 29.0 Å². The molecular formula is C14H10F3NS. The molecule has 0 amide bonds. The summed E-state index contributed by atoms with van der Waals surface area (Å²) in [6, 6.07) is 6.73. The second-order valence-electron chi connectivity index (χ2n) is 4.44. The lowest BCUT2D eigenvalue weighted by molar-refractivity contribution is 0.473. The molecule has 2 aromatic rings. The molecule has 2 rings (SSSR count). The van der Waals surface area contributed by atoms with E-state index >= 15 is 0 Å². The fourth-order valence-electron chi connectivity index (χ4n) is 2.01. The molecule has 0 spiro atoms. The van der Waals surface area contributed by atoms with Crippen LogP contribution in [0.1, 0.15) is 17.4 Å². The van der Waals surface area contributed by atoms with Crippen LogP contribution in [0.3, 0.4) is 0 Å². The fourth-order valence-corrected chi connectivity index (χ4v) is 2.88. The van der Waals surface area contributed by atoms with Crippen LogP contribution in [0.5, 0.6) is 0 Å². The van der Waals surface area contributed by atoms with Gasteiger partial charge in [-0.3, -0.25) is 0 Å². The van der Waals surface area contributed by atoms with Crippen molar-refractivity contribution in [3.63, 3.8) is 0 Å². The van der Waals surface area contributed by atoms with Crippen LogP contribution in [0, 0.1) is 28.8 Å². The molecule has 1 unspecified atom stereocenters. The molecule has 19 heavy (non-hydrogen) atoms. The third-order valence-corrected chi connectivity index (χ3v) is 3.79. The molecule has 5 heteroatoms. The van der Waals surface area contributed by atoms with E-state index in [9.17, 15) is 18.4 Å². The van der Waals surface area contributed by atoms with Gasteiger partial charge < -0.3 is 0 Å². The first-order valence-electron chi connectivity index (χ1n) is 5.55. The van der Waals surface area contributed by atoms with Gasteiger partial charge >= 0.3 is 0 Å². The van der Waals surface area contributed by atoms with Crippen molar-refractivity contribution >= 4 is 11.3 Å². The second kappa shape index (κ2) is 5.06. The zero-order chi connectivity index (χ0) is 14.0. The molecule has 1 atom stereocenters. The quantitative estimate of drug-likeness (QED) is 0.827. The molecule has 1 heterocycles. The first-order valence-corrected chi connectivity index (χ1v) is 6.43. The Bertz CT molecular complexity index is 608. The Balaban J connectivity index is 2.50. The zero-order valence-electron chi connectivity index (χ0n) is 10.1. The molecule has 1 aromatic carbocycles. The first kappa shape index (κ1) is 13.6. The van der Waals surface area contributed by atoms with E-state index in [0.29, 0.717) is 12.1 Å². The minimum atomic E-state index is -1.37. The number of benzene rings is 1. The number of hydrogen-bond acceptors (Lipinski definition) is 2. The van der Waals surface area contributed by atoms with Crippen LogP contribution in [0.4, 0.5) is 13.2 Å². The van der Waals surface area contributed by atoms with E-state index in [1.807, 2.05) is 11.4 Å². The number of rotatable bonds is 3. The van der Waals surface area contributed by atoms with Crippen LogP contribution >= 0.6 is 11.3 Å². The van der Waals surface area contributed by atoms with Gasteiger partial charge in [0.2, 0.25) is 0 Å². The number of nitriles is 1. The number of halogens is 3. The maximum atomic E-state index is 13.8. The fraction of sp³-hybridized carbons (Fsp3) is 0.214. The minimum absolute atomic E-state index is 0.181. The van der Waals surface area contributed by atoms with E-state index in [1.54, 1.807) is 12.1 Å². The zero-order valence-corrected chi connectivity index (χ0v) is 10.9. The van der Waals surface area contributed by atoms with E-state index in [-0.39, 0.29) is 12.0 Å². The van der Waals surface area contributed by atoms with E-state index in [1.165, 1.54) is 18.3 Å². The van der Waals surface area contributed by atoms with Crippen LogP contribution in [-0.4, -0.2) is 0 Å². The van der Waals surface area contributed by atoms with Crippen LogP contribution in [0.15, 0.2) is 29.6 Å². The molecule has 98 valence electrons. The summed E-state index contributed by atoms with van der Waals surface area (Å²) in [5.74, 6) is -3.05. The molecule has 0 aliphatic heterocycles. The molecule has 0 fully saturated rings. The smallest absolute Gasteiger partial charge is 0.133 e. The summed E-state index contributed by atoms with van der Waals surface area (Å²) >= 11 is 1.40. The third-order valence-electron chi connectivity index (χ3n) is 2.91. The Hall–Kier alpha value is -1.80. The van der Waals surface area contributed by atoms with Crippen molar-refractivity contribution in [2.75, 3.05) is 0 Å². The Morgan fingerprint density at radius 1 is 1.26 bits per heavy atom. The summed E-state index contributed by atoms with van der Waals surface area (Å²) in [6.07, 6.45) is 0.181. The van der Waals surface area contributed by atoms with Crippen molar-refractivity contribution in [3.8, 4) is 6.07 Å². The van der Waals surface area contributed by atoms with E-state index < -0.39 is 22.9 Å². The highest BCUT2D eigenvalue weighted by Gasteiger charge is 2.34. The Labute approximate surface area is 112 Å². The van der Waals surface area contributed by atoms with Crippen molar-refractivity contribution in [1.29, 1.82) is 5.26 Å². The minimum Gasteiger partial charge on any atom is -0.207 e. The topological polar surface area (TPSA) is 23.8 Å². The van der Waals surface area contributed by atoms with E-state index in [0.717, 1.165) is 4.88 Å². The molecule has 0 bridgehead atoms. The molecule has 0 saturated heterocycles. The van der Waals surface area contributed by atoms with Gasteiger partial charge in [-0.15, -0.1) is 11.3 Å². The predicted octanol–water partition coefficient (Wildman–Crippen LogP) is 4.19. The van der Waals surface area contributed by atoms with Gasteiger partial charge in [0.1, 0.15) is 17.5 Å². The van der Waals surface area contributed by atoms with Gasteiger partial charge in [-0.05, 0) is 18.4 Å². The molecule has 1 aromatic heterocycles. The van der Waals surface area contributed by atoms with Crippen LogP contribution < -0.4 is 0 Å². The van der Waals surface area contributed by atoms with Crippen LogP contribution in [0.25, 0.3) is 0 Å². The second-order valence-corrected chi connectivity index (χ2v) is 5.48. The van der Waals surface area contributed by atoms with E-state index in [4.69, 9.17) is 0 Å². The summed E-state index contributed by atoms with van der Waals surface area (Å²) in [5, 5.41) is 11.1. The molecular weight excluding hydrogens is 271 g/mol. The summed E-state index contributed by atoms with van der Waals surface area (Å²) in [4.78, 5) is 0.840. The molecule has 1 nitrogen and oxygen atoms in total. The van der Waals surface area contributed by atoms with Crippen LogP contribution in [0.2, 0.25) is 0 Å². The van der Waals surface area contributed by atoms with Crippen molar-refractivity contribution < 1.29 is 13.2 Å². The van der Waals surface area contributed by atoms with Gasteiger partial charge in [0.15, 0.2) is 0 Å². The van der Waals surface area contributed by atoms with Gasteiger partial charge in [-0.2, -0.15) is 5.26 Å². The summed E-state index contributed by atoms with van der Waals surface area (Å²) in [6.45, 7) is 1.45. The van der Waals surface area contributed by atoms with Gasteiger partial charge in [-0.25, -0.2) is 13.2 Å². The van der Waals surface area contributed by atoms with Crippen molar-refractivity contribution in [3.05, 3.63) is 57.5 Å². The highest BCUT2D eigenvalue weighted by atomic mass is 32.1. The average Bonchev–Trinajstić information content (AvgIpc) is 2.80. The normalized spacial score (nSPS) is 13.8. The lowest BCUT2D eigenvalue weighted by atomic mass is 9.80. The average molecular weight is 281 g/mol. The van der Waals surface area contributed by atoms with Crippen molar-refractivity contribution in [2.24, 2.45) is 0 Å². The monoisotopic (exact) mass is 281 g/mol. The first-order chi connectivity index (χ1) is 8.96. The van der Waals surface area contributed by atoms with Crippen molar-refractivity contribution in [2.45, 2.75) is 18.8 Å². The summed E-state index contributed by atoms with van der Waals surface area (Å²) in [7, 11) is 0. The lowest BCUT2D eigenvalue weighted by Gasteiger charge is -2.22. The maximum Gasteiger partial charge on any atom is 0.133 e. The van der Waals surface area contributed by atoms with E-state index in [2.05, 4.69) is 0 Å². The summed E-state index contributed by atoms with van der Waals surface area (Å²) < 4.78 is 40.5. The van der Waals surface area contributed by atoms with Gasteiger partial charge in [0.05, 0.1) is 11.5 Å². The van der Waals surface area contributed by atoms with Gasteiger partial charge in [0.25, 0.3) is 0 Å². The molecule has 0 saturated carbocycles. The standard InChI is InChI=1S/C14H10F3NS/c1-14(8-18,7-10-3-2-4-19-10)13-11(16)5-9(15)6-12(13)17/h2-6H,7H2,1H3. The Kier molecular flexibility index (Phi) is 3.63. The molecule has 0 N–H and O–H groups in total. The number of thiophene rings is 1. The molecule has 0 radical (unpaired) electrons. The molecule has 0 aliphatic rings. The van der Waals surface area contributed by atoms with Gasteiger partial charge in [-0.1, -0.05) is 6.07 Å². The Morgan fingerprint density at radius 2 is 1.89 bits per heavy atom. The maximum absolute atomic E-state index is 13.8. The number of hydrogen-bond donors (Lipinski definition) is 0. The van der Waals surface area contributed by atoms with Crippen LogP contribution in [-0.2, 0) is 11.8 Å². The summed E-state index contributed by atoms with van der Waals surface area (Å²) in [5.41, 5.74) is -1.75. The van der Waals surface area contributed by atoms with Crippen molar-refractivity contribution in [1.82, 2.24) is 0 Å². The number of nitrogens with zero attached hydrogens (tertiary/aromatic N) is 1. The Morgan fingerprint density at radius 3 is 2.37 bits per heavy atom. The lowest BCUT2D eigenvalue weighted by Crippen LogP contribution is -2.25. The highest BCUT2D eigenvalue weighted by Crippen LogP contribution is 2.33.